The van der Waals surface area contributed by atoms with Crippen molar-refractivity contribution in [1.29, 1.82) is 0 Å². The number of hydrogen-bond donors (Lipinski definition) is 3. The predicted molar refractivity (Wildman–Crippen MR) is 130 cm³/mol. The first-order valence-corrected chi connectivity index (χ1v) is 11.6. The summed E-state index contributed by atoms with van der Waals surface area (Å²) in [7, 11) is 1.77. The number of anilines is 2. The molecule has 0 atom stereocenters. The molecule has 1 saturated heterocycles. The summed E-state index contributed by atoms with van der Waals surface area (Å²) in [5, 5.41) is 6.21. The lowest BCUT2D eigenvalue weighted by molar-refractivity contribution is -0.130. The average molecular weight is 452 g/mol. The number of carbonyl (C=O) groups excluding carboxylic acids is 1. The number of nitrogens with zero attached hydrogens (tertiary/aromatic N) is 4. The van der Waals surface area contributed by atoms with Crippen molar-refractivity contribution >= 4 is 17.5 Å². The zero-order valence-electron chi connectivity index (χ0n) is 19.5. The van der Waals surface area contributed by atoms with E-state index in [2.05, 4.69) is 44.3 Å². The summed E-state index contributed by atoms with van der Waals surface area (Å²) >= 11 is 0. The Morgan fingerprint density at radius 1 is 1.36 bits per heavy atom. The van der Waals surface area contributed by atoms with Gasteiger partial charge >= 0.3 is 0 Å². The molecule has 0 radical (unpaired) electrons. The highest BCUT2D eigenvalue weighted by Gasteiger charge is 2.37. The first kappa shape index (κ1) is 23.0. The largest absolute Gasteiger partial charge is 0.360 e. The summed E-state index contributed by atoms with van der Waals surface area (Å²) in [6.07, 6.45) is 9.26. The molecule has 9 nitrogen and oxygen atoms in total. The number of rotatable bonds is 10. The predicted octanol–water partition coefficient (Wildman–Crippen LogP) is 1.86. The van der Waals surface area contributed by atoms with Crippen LogP contribution in [-0.2, 0) is 4.79 Å². The molecule has 1 aliphatic heterocycles. The van der Waals surface area contributed by atoms with Gasteiger partial charge in [0.25, 0.3) is 5.56 Å². The van der Waals surface area contributed by atoms with Crippen LogP contribution in [-0.4, -0.2) is 71.1 Å². The van der Waals surface area contributed by atoms with Crippen LogP contribution in [0.2, 0.25) is 0 Å². The minimum atomic E-state index is -0.119. The average Bonchev–Trinajstić information content (AvgIpc) is 3.59. The molecular weight excluding hydrogens is 418 g/mol. The van der Waals surface area contributed by atoms with Gasteiger partial charge in [0.2, 0.25) is 11.9 Å². The van der Waals surface area contributed by atoms with Gasteiger partial charge in [0.15, 0.2) is 0 Å². The number of nitrogens with one attached hydrogen (secondary N) is 3. The lowest BCUT2D eigenvalue weighted by Crippen LogP contribution is -2.62. The smallest absolute Gasteiger partial charge is 0.271 e. The van der Waals surface area contributed by atoms with E-state index in [9.17, 15) is 9.59 Å². The number of hydrogen-bond acceptors (Lipinski definition) is 7. The van der Waals surface area contributed by atoms with Crippen molar-refractivity contribution in [3.8, 4) is 11.3 Å². The van der Waals surface area contributed by atoms with Crippen LogP contribution >= 0.6 is 0 Å². The van der Waals surface area contributed by atoms with Crippen molar-refractivity contribution in [2.45, 2.75) is 38.8 Å². The molecule has 1 saturated carbocycles. The molecule has 0 unspecified atom stereocenters. The van der Waals surface area contributed by atoms with E-state index < -0.39 is 0 Å². The quantitative estimate of drug-likeness (QED) is 0.474. The normalized spacial score (nSPS) is 16.3. The summed E-state index contributed by atoms with van der Waals surface area (Å²) < 4.78 is 0. The molecule has 33 heavy (non-hydrogen) atoms. The Hall–Kier alpha value is -3.20. The van der Waals surface area contributed by atoms with Crippen molar-refractivity contribution in [3.63, 3.8) is 0 Å². The molecule has 4 rings (SSSR count). The van der Waals surface area contributed by atoms with Crippen LogP contribution in [0.5, 0.6) is 0 Å². The van der Waals surface area contributed by atoms with E-state index in [0.29, 0.717) is 43.2 Å². The Kier molecular flexibility index (Phi) is 7.08. The van der Waals surface area contributed by atoms with Gasteiger partial charge in [-0.15, -0.1) is 0 Å². The van der Waals surface area contributed by atoms with E-state index in [1.54, 1.807) is 25.5 Å². The number of H-pyrrole nitrogens is 1. The highest BCUT2D eigenvalue weighted by Crippen LogP contribution is 2.33. The van der Waals surface area contributed by atoms with Crippen LogP contribution in [0.3, 0.4) is 0 Å². The topological polar surface area (TPSA) is 106 Å². The fraction of sp³-hybridized carbons (Fsp3) is 0.500. The highest BCUT2D eigenvalue weighted by atomic mass is 16.2. The Morgan fingerprint density at radius 3 is 2.85 bits per heavy atom. The molecular formula is C24H33N7O2. The van der Waals surface area contributed by atoms with Crippen LogP contribution in [0.25, 0.3) is 11.3 Å². The van der Waals surface area contributed by atoms with Crippen LogP contribution in [0.4, 0.5) is 11.6 Å². The Bertz CT molecular complexity index is 1050. The number of carbonyl (C=O) groups is 1. The molecule has 1 amide bonds. The third-order valence-corrected chi connectivity index (χ3v) is 6.04. The number of likely N-dealkylation sites (tertiary alicyclic amines) is 1. The second kappa shape index (κ2) is 10.2. The summed E-state index contributed by atoms with van der Waals surface area (Å²) in [5.74, 6) is 1.15. The van der Waals surface area contributed by atoms with E-state index in [-0.39, 0.29) is 17.5 Å². The first-order chi connectivity index (χ1) is 15.9. The maximum atomic E-state index is 12.8. The van der Waals surface area contributed by atoms with E-state index in [1.165, 1.54) is 12.8 Å². The van der Waals surface area contributed by atoms with Gasteiger partial charge in [-0.3, -0.25) is 9.59 Å². The van der Waals surface area contributed by atoms with Crippen LogP contribution < -0.4 is 21.1 Å². The SMILES string of the molecule is CNc1nccc(-c2c[nH]c(=O)c(N(CC3CC3)C3CN(C(=O)/C=C/CNC(C)C)C3)c2)n1. The number of amides is 1. The highest BCUT2D eigenvalue weighted by molar-refractivity contribution is 5.88. The number of pyridine rings is 1. The van der Waals surface area contributed by atoms with E-state index in [1.807, 2.05) is 23.1 Å². The van der Waals surface area contributed by atoms with Gasteiger partial charge in [0, 0.05) is 63.3 Å². The van der Waals surface area contributed by atoms with Crippen LogP contribution in [0, 0.1) is 5.92 Å². The molecule has 2 fully saturated rings. The molecule has 3 heterocycles. The molecule has 176 valence electrons. The molecule has 0 aromatic carbocycles. The summed E-state index contributed by atoms with van der Waals surface area (Å²) in [5.41, 5.74) is 2.09. The van der Waals surface area contributed by atoms with Crippen molar-refractivity contribution in [2.24, 2.45) is 5.92 Å². The minimum Gasteiger partial charge on any atom is -0.360 e. The third kappa shape index (κ3) is 5.78. The van der Waals surface area contributed by atoms with Crippen molar-refractivity contribution in [3.05, 3.63) is 47.0 Å². The summed E-state index contributed by atoms with van der Waals surface area (Å²) in [4.78, 5) is 40.9. The standard InChI is InChI=1S/C24H33N7O2/c1-16(2)26-9-4-5-22(32)30-14-19(15-30)31(13-17-6-7-17)21-11-18(12-28-23(21)33)20-8-10-27-24(25-3)29-20/h4-5,8,10-12,16-17,19,26H,6-7,9,13-15H2,1-3H3,(H,28,33)(H,25,27,29)/b5-4+. The molecule has 2 aromatic heterocycles. The summed E-state index contributed by atoms with van der Waals surface area (Å²) in [6, 6.07) is 4.25. The lowest BCUT2D eigenvalue weighted by atomic mass is 10.0. The van der Waals surface area contributed by atoms with Gasteiger partial charge in [0.05, 0.1) is 11.7 Å². The lowest BCUT2D eigenvalue weighted by Gasteiger charge is -2.46. The van der Waals surface area contributed by atoms with Gasteiger partial charge in [-0.1, -0.05) is 19.9 Å². The van der Waals surface area contributed by atoms with Crippen LogP contribution in [0.15, 0.2) is 41.5 Å². The second-order valence-electron chi connectivity index (χ2n) is 9.08. The van der Waals surface area contributed by atoms with Gasteiger partial charge in [0.1, 0.15) is 5.69 Å². The van der Waals surface area contributed by atoms with E-state index in [4.69, 9.17) is 0 Å². The second-order valence-corrected chi connectivity index (χ2v) is 9.08. The van der Waals surface area contributed by atoms with Gasteiger partial charge in [-0.2, -0.15) is 0 Å². The Balaban J connectivity index is 1.48. The maximum Gasteiger partial charge on any atom is 0.271 e. The number of aromatic nitrogens is 3. The monoisotopic (exact) mass is 451 g/mol. The Morgan fingerprint density at radius 2 is 2.15 bits per heavy atom. The van der Waals surface area contributed by atoms with E-state index in [0.717, 1.165) is 17.8 Å². The fourth-order valence-corrected chi connectivity index (χ4v) is 3.90. The van der Waals surface area contributed by atoms with Gasteiger partial charge in [-0.05, 0) is 30.9 Å². The minimum absolute atomic E-state index is 0.0198. The molecule has 2 aliphatic rings. The van der Waals surface area contributed by atoms with Crippen molar-refractivity contribution < 1.29 is 4.79 Å². The van der Waals surface area contributed by atoms with Crippen LogP contribution in [0.1, 0.15) is 26.7 Å². The molecule has 0 spiro atoms. The molecule has 3 N–H and O–H groups in total. The molecule has 2 aromatic rings. The maximum absolute atomic E-state index is 12.8. The fourth-order valence-electron chi connectivity index (χ4n) is 3.90. The van der Waals surface area contributed by atoms with Gasteiger partial charge < -0.3 is 25.4 Å². The third-order valence-electron chi connectivity index (χ3n) is 6.04. The zero-order valence-corrected chi connectivity index (χ0v) is 19.5. The van der Waals surface area contributed by atoms with Gasteiger partial charge in [-0.25, -0.2) is 9.97 Å². The molecule has 0 bridgehead atoms. The molecule has 9 heteroatoms. The van der Waals surface area contributed by atoms with E-state index >= 15 is 0 Å². The zero-order chi connectivity index (χ0) is 23.4. The van der Waals surface area contributed by atoms with Crippen molar-refractivity contribution in [1.82, 2.24) is 25.2 Å². The summed E-state index contributed by atoms with van der Waals surface area (Å²) in [6.45, 7) is 6.90. The first-order valence-electron chi connectivity index (χ1n) is 11.6. The van der Waals surface area contributed by atoms with Crippen molar-refractivity contribution in [2.75, 3.05) is 43.4 Å². The Labute approximate surface area is 194 Å². The number of aromatic amines is 1. The molecule has 1 aliphatic carbocycles.